The fraction of sp³-hybridized carbons (Fsp3) is 0.636. The molecule has 2 atom stereocenters. The first-order valence-electron chi connectivity index (χ1n) is 5.07. The smallest absolute Gasteiger partial charge is 0.296 e. The summed E-state index contributed by atoms with van der Waals surface area (Å²) in [5.41, 5.74) is 4.48. The van der Waals surface area contributed by atoms with Gasteiger partial charge in [0.15, 0.2) is 0 Å². The number of nitrogens with two attached hydrogens (primary N) is 1. The molecule has 0 saturated heterocycles. The maximum Gasteiger partial charge on any atom is 0.296 e. The summed E-state index contributed by atoms with van der Waals surface area (Å²) in [5, 5.41) is 2.66. The van der Waals surface area contributed by atoms with Gasteiger partial charge in [0.1, 0.15) is 5.54 Å². The van der Waals surface area contributed by atoms with E-state index >= 15 is 0 Å². The SMILES string of the molecule is CC#CC(=O)NC1(C(N)=O)CCCC1C. The van der Waals surface area contributed by atoms with Gasteiger partial charge in [-0.15, -0.1) is 0 Å². The van der Waals surface area contributed by atoms with Gasteiger partial charge in [-0.2, -0.15) is 0 Å². The Kier molecular flexibility index (Phi) is 3.35. The summed E-state index contributed by atoms with van der Waals surface area (Å²) in [6.45, 7) is 3.51. The molecule has 0 spiro atoms. The maximum atomic E-state index is 11.4. The highest BCUT2D eigenvalue weighted by Crippen LogP contribution is 2.35. The van der Waals surface area contributed by atoms with Crippen molar-refractivity contribution < 1.29 is 9.59 Å². The van der Waals surface area contributed by atoms with Crippen LogP contribution in [0.2, 0.25) is 0 Å². The van der Waals surface area contributed by atoms with Crippen molar-refractivity contribution in [3.8, 4) is 11.8 Å². The van der Waals surface area contributed by atoms with Gasteiger partial charge < -0.3 is 11.1 Å². The van der Waals surface area contributed by atoms with E-state index in [1.807, 2.05) is 6.92 Å². The molecule has 15 heavy (non-hydrogen) atoms. The van der Waals surface area contributed by atoms with Gasteiger partial charge >= 0.3 is 0 Å². The Hall–Kier alpha value is -1.50. The lowest BCUT2D eigenvalue weighted by atomic mass is 9.87. The van der Waals surface area contributed by atoms with Crippen LogP contribution < -0.4 is 11.1 Å². The molecule has 0 aliphatic heterocycles. The van der Waals surface area contributed by atoms with Crippen molar-refractivity contribution in [3.63, 3.8) is 0 Å². The van der Waals surface area contributed by atoms with Gasteiger partial charge in [0.2, 0.25) is 5.91 Å². The Morgan fingerprint density at radius 3 is 2.60 bits per heavy atom. The second kappa shape index (κ2) is 4.35. The van der Waals surface area contributed by atoms with Gasteiger partial charge in [-0.1, -0.05) is 19.3 Å². The third-order valence-electron chi connectivity index (χ3n) is 3.06. The molecule has 0 heterocycles. The molecule has 4 nitrogen and oxygen atoms in total. The minimum absolute atomic E-state index is 0.0811. The molecule has 82 valence electrons. The molecule has 0 aromatic rings. The van der Waals surface area contributed by atoms with Crippen molar-refractivity contribution in [2.45, 2.75) is 38.6 Å². The van der Waals surface area contributed by atoms with Crippen molar-refractivity contribution in [2.75, 3.05) is 0 Å². The van der Waals surface area contributed by atoms with E-state index in [0.29, 0.717) is 6.42 Å². The second-order valence-corrected chi connectivity index (χ2v) is 3.96. The summed E-state index contributed by atoms with van der Waals surface area (Å²) in [7, 11) is 0. The highest BCUT2D eigenvalue weighted by molar-refractivity contribution is 5.98. The molecule has 2 amide bonds. The Bertz CT molecular complexity index is 340. The van der Waals surface area contributed by atoms with E-state index < -0.39 is 17.4 Å². The zero-order valence-corrected chi connectivity index (χ0v) is 9.09. The standard InChI is InChI=1S/C11H16N2O2/c1-3-5-9(14)13-11(10(12)15)7-4-6-8(11)2/h8H,4,6-7H2,1-2H3,(H2,12,15)(H,13,14). The van der Waals surface area contributed by atoms with Crippen molar-refractivity contribution >= 4 is 11.8 Å². The topological polar surface area (TPSA) is 72.2 Å². The van der Waals surface area contributed by atoms with E-state index in [0.717, 1.165) is 12.8 Å². The second-order valence-electron chi connectivity index (χ2n) is 3.96. The largest absolute Gasteiger partial charge is 0.368 e. The van der Waals surface area contributed by atoms with Crippen molar-refractivity contribution in [1.82, 2.24) is 5.32 Å². The van der Waals surface area contributed by atoms with Crippen LogP contribution in [0.3, 0.4) is 0 Å². The molecule has 2 unspecified atom stereocenters. The Balaban J connectivity index is 2.87. The molecule has 0 radical (unpaired) electrons. The number of carbonyl (C=O) groups is 2. The first kappa shape index (κ1) is 11.6. The van der Waals surface area contributed by atoms with Crippen LogP contribution in [0.1, 0.15) is 33.1 Å². The summed E-state index contributed by atoms with van der Waals surface area (Å²) in [4.78, 5) is 22.8. The van der Waals surface area contributed by atoms with E-state index in [9.17, 15) is 9.59 Å². The van der Waals surface area contributed by atoms with Crippen LogP contribution in [-0.4, -0.2) is 17.4 Å². The van der Waals surface area contributed by atoms with E-state index in [1.165, 1.54) is 0 Å². The predicted octanol–water partition coefficient (Wildman–Crippen LogP) is 0.170. The van der Waals surface area contributed by atoms with Crippen LogP contribution in [0.15, 0.2) is 0 Å². The average Bonchev–Trinajstić information content (AvgIpc) is 2.49. The van der Waals surface area contributed by atoms with Crippen LogP contribution in [0.4, 0.5) is 0 Å². The number of hydrogen-bond donors (Lipinski definition) is 2. The zero-order valence-electron chi connectivity index (χ0n) is 9.09. The summed E-state index contributed by atoms with van der Waals surface area (Å²) in [6.07, 6.45) is 2.42. The lowest BCUT2D eigenvalue weighted by Crippen LogP contribution is -2.58. The first-order valence-corrected chi connectivity index (χ1v) is 5.07. The summed E-state index contributed by atoms with van der Waals surface area (Å²) in [5.74, 6) is 4.06. The fourth-order valence-corrected chi connectivity index (χ4v) is 2.14. The third-order valence-corrected chi connectivity index (χ3v) is 3.06. The first-order chi connectivity index (χ1) is 7.03. The van der Waals surface area contributed by atoms with Crippen molar-refractivity contribution in [2.24, 2.45) is 11.7 Å². The highest BCUT2D eigenvalue weighted by Gasteiger charge is 2.46. The van der Waals surface area contributed by atoms with Gasteiger partial charge in [-0.25, -0.2) is 0 Å². The Labute approximate surface area is 89.6 Å². The molecule has 0 aromatic heterocycles. The van der Waals surface area contributed by atoms with Gasteiger partial charge in [-0.05, 0) is 31.6 Å². The Morgan fingerprint density at radius 1 is 1.53 bits per heavy atom. The summed E-state index contributed by atoms with van der Waals surface area (Å²) in [6, 6.07) is 0. The third kappa shape index (κ3) is 2.12. The quantitative estimate of drug-likeness (QED) is 0.635. The average molecular weight is 208 g/mol. The van der Waals surface area contributed by atoms with E-state index in [1.54, 1.807) is 6.92 Å². The predicted molar refractivity (Wildman–Crippen MR) is 56.5 cm³/mol. The van der Waals surface area contributed by atoms with Gasteiger partial charge in [0.25, 0.3) is 5.91 Å². The van der Waals surface area contributed by atoms with Crippen LogP contribution in [-0.2, 0) is 9.59 Å². The Morgan fingerprint density at radius 2 is 2.20 bits per heavy atom. The van der Waals surface area contributed by atoms with Crippen molar-refractivity contribution in [1.29, 1.82) is 0 Å². The van der Waals surface area contributed by atoms with Crippen molar-refractivity contribution in [3.05, 3.63) is 0 Å². The van der Waals surface area contributed by atoms with E-state index in [4.69, 9.17) is 5.73 Å². The molecule has 0 bridgehead atoms. The molecule has 1 saturated carbocycles. The van der Waals surface area contributed by atoms with Crippen LogP contribution in [0, 0.1) is 17.8 Å². The molecular weight excluding hydrogens is 192 g/mol. The molecule has 1 aliphatic carbocycles. The lowest BCUT2D eigenvalue weighted by molar-refractivity contribution is -0.130. The number of carbonyl (C=O) groups excluding carboxylic acids is 2. The van der Waals surface area contributed by atoms with Gasteiger partial charge in [-0.3, -0.25) is 9.59 Å². The van der Waals surface area contributed by atoms with E-state index in [-0.39, 0.29) is 5.92 Å². The molecule has 1 rings (SSSR count). The van der Waals surface area contributed by atoms with Crippen LogP contribution in [0.25, 0.3) is 0 Å². The molecule has 4 heteroatoms. The number of primary amides is 1. The molecule has 1 aliphatic rings. The molecule has 3 N–H and O–H groups in total. The summed E-state index contributed by atoms with van der Waals surface area (Å²) >= 11 is 0. The molecular formula is C11H16N2O2. The zero-order chi connectivity index (χ0) is 11.5. The van der Waals surface area contributed by atoms with Crippen LogP contribution >= 0.6 is 0 Å². The monoisotopic (exact) mass is 208 g/mol. The van der Waals surface area contributed by atoms with Crippen LogP contribution in [0.5, 0.6) is 0 Å². The number of rotatable bonds is 2. The number of amides is 2. The number of nitrogens with one attached hydrogen (secondary N) is 1. The normalized spacial score (nSPS) is 29.1. The minimum Gasteiger partial charge on any atom is -0.368 e. The highest BCUT2D eigenvalue weighted by atomic mass is 16.2. The number of hydrogen-bond acceptors (Lipinski definition) is 2. The molecule has 1 fully saturated rings. The fourth-order valence-electron chi connectivity index (χ4n) is 2.14. The minimum atomic E-state index is -0.888. The van der Waals surface area contributed by atoms with Gasteiger partial charge in [0, 0.05) is 0 Å². The van der Waals surface area contributed by atoms with E-state index in [2.05, 4.69) is 17.2 Å². The lowest BCUT2D eigenvalue weighted by Gasteiger charge is -2.30. The maximum absolute atomic E-state index is 11.4. The summed E-state index contributed by atoms with van der Waals surface area (Å²) < 4.78 is 0. The molecule has 0 aromatic carbocycles. The van der Waals surface area contributed by atoms with Gasteiger partial charge in [0.05, 0.1) is 0 Å².